The highest BCUT2D eigenvalue weighted by Gasteiger charge is 2.32. The predicted octanol–water partition coefficient (Wildman–Crippen LogP) is 1.96. The molecule has 1 saturated heterocycles. The molecule has 2 atom stereocenters. The van der Waals surface area contributed by atoms with Gasteiger partial charge in [-0.05, 0) is 24.6 Å². The second-order valence-corrected chi connectivity index (χ2v) is 6.13. The maximum absolute atomic E-state index is 12.6. The molecule has 1 aliphatic heterocycles. The van der Waals surface area contributed by atoms with Crippen molar-refractivity contribution in [2.75, 3.05) is 26.3 Å². The summed E-state index contributed by atoms with van der Waals surface area (Å²) in [4.78, 5) is 25.6. The lowest BCUT2D eigenvalue weighted by Crippen LogP contribution is -2.49. The Hall–Kier alpha value is -1.34. The van der Waals surface area contributed by atoms with Crippen LogP contribution in [0.1, 0.15) is 18.5 Å². The van der Waals surface area contributed by atoms with Gasteiger partial charge in [0.1, 0.15) is 12.1 Å². The highest BCUT2D eigenvalue weighted by molar-refractivity contribution is 6.35. The summed E-state index contributed by atoms with van der Waals surface area (Å²) in [6, 6.07) is 3.24. The van der Waals surface area contributed by atoms with Crippen LogP contribution in [0.3, 0.4) is 0 Å². The zero-order valence-corrected chi connectivity index (χ0v) is 14.1. The molecular weight excluding hydrogens is 343 g/mol. The Kier molecular flexibility index (Phi) is 6.24. The molecule has 0 bridgehead atoms. The lowest BCUT2D eigenvalue weighted by molar-refractivity contribution is -0.142. The zero-order valence-electron chi connectivity index (χ0n) is 12.6. The van der Waals surface area contributed by atoms with Crippen LogP contribution < -0.4 is 5.32 Å². The Morgan fingerprint density at radius 3 is 2.52 bits per heavy atom. The van der Waals surface area contributed by atoms with Gasteiger partial charge in [0.15, 0.2) is 0 Å². The van der Waals surface area contributed by atoms with E-state index in [1.54, 1.807) is 18.2 Å². The second-order valence-electron chi connectivity index (χ2n) is 5.29. The van der Waals surface area contributed by atoms with Crippen LogP contribution >= 0.6 is 23.2 Å². The van der Waals surface area contributed by atoms with Crippen molar-refractivity contribution in [3.63, 3.8) is 0 Å². The van der Waals surface area contributed by atoms with E-state index >= 15 is 0 Å². The number of benzene rings is 1. The van der Waals surface area contributed by atoms with Crippen molar-refractivity contribution in [2.45, 2.75) is 19.0 Å². The fraction of sp³-hybridized carbons (Fsp3) is 0.467. The minimum absolute atomic E-state index is 0.368. The Labute approximate surface area is 144 Å². The molecule has 23 heavy (non-hydrogen) atoms. The maximum atomic E-state index is 12.6. The molecular formula is C15H18Cl2N2O4. The molecule has 1 aliphatic rings. The first kappa shape index (κ1) is 18.0. The summed E-state index contributed by atoms with van der Waals surface area (Å²) in [6.07, 6.45) is 0. The molecule has 6 nitrogen and oxygen atoms in total. The number of amides is 1. The average molecular weight is 361 g/mol. The van der Waals surface area contributed by atoms with E-state index in [0.717, 1.165) is 0 Å². The monoisotopic (exact) mass is 360 g/mol. The number of rotatable bonds is 5. The molecule has 2 N–H and O–H groups in total. The summed E-state index contributed by atoms with van der Waals surface area (Å²) < 4.78 is 5.31. The average Bonchev–Trinajstić information content (AvgIpc) is 2.50. The molecule has 1 heterocycles. The van der Waals surface area contributed by atoms with Crippen molar-refractivity contribution in [1.82, 2.24) is 10.2 Å². The molecule has 126 valence electrons. The summed E-state index contributed by atoms with van der Waals surface area (Å²) in [6.45, 7) is 3.53. The number of carbonyl (C=O) groups excluding carboxylic acids is 1. The molecule has 8 heteroatoms. The fourth-order valence-electron chi connectivity index (χ4n) is 2.42. The normalized spacial score (nSPS) is 18.2. The summed E-state index contributed by atoms with van der Waals surface area (Å²) in [5.41, 5.74) is 0.591. The van der Waals surface area contributed by atoms with Crippen molar-refractivity contribution in [3.8, 4) is 0 Å². The van der Waals surface area contributed by atoms with Gasteiger partial charge in [0.25, 0.3) is 0 Å². The van der Waals surface area contributed by atoms with Gasteiger partial charge in [-0.15, -0.1) is 0 Å². The smallest absolute Gasteiger partial charge is 0.325 e. The highest BCUT2D eigenvalue weighted by Crippen LogP contribution is 2.30. The molecule has 1 fully saturated rings. The van der Waals surface area contributed by atoms with E-state index in [9.17, 15) is 9.59 Å². The first-order valence-electron chi connectivity index (χ1n) is 7.20. The number of ether oxygens (including phenoxy) is 1. The predicted molar refractivity (Wildman–Crippen MR) is 86.8 cm³/mol. The largest absolute Gasteiger partial charge is 0.480 e. The second kappa shape index (κ2) is 7.97. The number of aliphatic carboxylic acids is 1. The van der Waals surface area contributed by atoms with Gasteiger partial charge >= 0.3 is 5.97 Å². The molecule has 0 aliphatic carbocycles. The molecule has 0 aromatic heterocycles. The molecule has 1 aromatic carbocycles. The van der Waals surface area contributed by atoms with Crippen LogP contribution in [0, 0.1) is 0 Å². The molecule has 1 amide bonds. The van der Waals surface area contributed by atoms with Gasteiger partial charge in [-0.25, -0.2) is 0 Å². The van der Waals surface area contributed by atoms with E-state index in [1.165, 1.54) is 6.92 Å². The third-order valence-corrected chi connectivity index (χ3v) is 4.21. The van der Waals surface area contributed by atoms with Crippen LogP contribution in [0.25, 0.3) is 0 Å². The highest BCUT2D eigenvalue weighted by atomic mass is 35.5. The topological polar surface area (TPSA) is 78.9 Å². The number of carbonyl (C=O) groups is 2. The van der Waals surface area contributed by atoms with Crippen LogP contribution in [0.15, 0.2) is 18.2 Å². The first-order valence-corrected chi connectivity index (χ1v) is 7.95. The van der Waals surface area contributed by atoms with Gasteiger partial charge in [0.05, 0.1) is 13.2 Å². The Morgan fingerprint density at radius 1 is 1.30 bits per heavy atom. The van der Waals surface area contributed by atoms with Gasteiger partial charge < -0.3 is 15.2 Å². The van der Waals surface area contributed by atoms with E-state index < -0.39 is 24.0 Å². The molecule has 0 spiro atoms. The number of nitrogens with one attached hydrogen (secondary N) is 1. The van der Waals surface area contributed by atoms with Crippen LogP contribution in [0.4, 0.5) is 0 Å². The van der Waals surface area contributed by atoms with Gasteiger partial charge in [-0.2, -0.15) is 0 Å². The number of morpholine rings is 1. The van der Waals surface area contributed by atoms with Crippen LogP contribution in [0.2, 0.25) is 10.0 Å². The van der Waals surface area contributed by atoms with Crippen molar-refractivity contribution in [3.05, 3.63) is 33.8 Å². The van der Waals surface area contributed by atoms with Gasteiger partial charge in [-0.1, -0.05) is 29.3 Å². The van der Waals surface area contributed by atoms with Gasteiger partial charge in [-0.3, -0.25) is 14.5 Å². The van der Waals surface area contributed by atoms with Crippen LogP contribution in [-0.2, 0) is 14.3 Å². The third kappa shape index (κ3) is 4.57. The van der Waals surface area contributed by atoms with Crippen molar-refractivity contribution in [1.29, 1.82) is 0 Å². The van der Waals surface area contributed by atoms with Crippen LogP contribution in [-0.4, -0.2) is 54.2 Å². The van der Waals surface area contributed by atoms with E-state index in [1.807, 2.05) is 4.90 Å². The zero-order chi connectivity index (χ0) is 17.0. The fourth-order valence-corrected chi connectivity index (χ4v) is 2.93. The first-order chi connectivity index (χ1) is 10.9. The van der Waals surface area contributed by atoms with Crippen molar-refractivity contribution >= 4 is 35.1 Å². The molecule has 2 rings (SSSR count). The van der Waals surface area contributed by atoms with E-state index in [-0.39, 0.29) is 0 Å². The van der Waals surface area contributed by atoms with Gasteiger partial charge in [0.2, 0.25) is 5.91 Å². The number of halogens is 2. The minimum atomic E-state index is -1.10. The standard InChI is InChI=1S/C15H18Cl2N2O4/c1-9(15(21)22)18-14(20)13(19-4-6-23-7-5-19)11-3-2-10(16)8-12(11)17/h2-3,8-9,13H,4-7H2,1H3,(H,18,20)(H,21,22)/t9-,13?/m1/s1. The molecule has 1 aromatic rings. The molecule has 0 radical (unpaired) electrons. The summed E-state index contributed by atoms with van der Waals surface area (Å²) in [5.74, 6) is -1.51. The Bertz CT molecular complexity index is 591. The SMILES string of the molecule is C[C@@H](NC(=O)C(c1ccc(Cl)cc1Cl)N1CCOCC1)C(=O)O. The Balaban J connectivity index is 2.30. The van der Waals surface area contributed by atoms with Gasteiger partial charge in [0, 0.05) is 23.1 Å². The van der Waals surface area contributed by atoms with E-state index in [4.69, 9.17) is 33.0 Å². The lowest BCUT2D eigenvalue weighted by Gasteiger charge is -2.34. The number of hydrogen-bond donors (Lipinski definition) is 2. The Morgan fingerprint density at radius 2 is 1.96 bits per heavy atom. The third-order valence-electron chi connectivity index (χ3n) is 3.65. The minimum Gasteiger partial charge on any atom is -0.480 e. The van der Waals surface area contributed by atoms with Crippen molar-refractivity contribution < 1.29 is 19.4 Å². The van der Waals surface area contributed by atoms with E-state index in [2.05, 4.69) is 5.32 Å². The summed E-state index contributed by atoms with van der Waals surface area (Å²) in [7, 11) is 0. The number of carboxylic acids is 1. The number of hydrogen-bond acceptors (Lipinski definition) is 4. The molecule has 1 unspecified atom stereocenters. The quantitative estimate of drug-likeness (QED) is 0.838. The summed E-state index contributed by atoms with van der Waals surface area (Å²) in [5, 5.41) is 12.3. The maximum Gasteiger partial charge on any atom is 0.325 e. The lowest BCUT2D eigenvalue weighted by atomic mass is 10.0. The van der Waals surface area contributed by atoms with E-state index in [0.29, 0.717) is 41.9 Å². The molecule has 0 saturated carbocycles. The van der Waals surface area contributed by atoms with Crippen LogP contribution in [0.5, 0.6) is 0 Å². The summed E-state index contributed by atoms with van der Waals surface area (Å²) >= 11 is 12.2. The number of nitrogens with zero attached hydrogens (tertiary/aromatic N) is 1. The number of carboxylic acid groups (broad SMARTS) is 1. The van der Waals surface area contributed by atoms with Crippen molar-refractivity contribution in [2.24, 2.45) is 0 Å².